The molecule has 0 radical (unpaired) electrons. The molecule has 1 aliphatic carbocycles. The summed E-state index contributed by atoms with van der Waals surface area (Å²) in [6, 6.07) is 8.79. The van der Waals surface area contributed by atoms with Crippen molar-refractivity contribution >= 4 is 23.6 Å². The van der Waals surface area contributed by atoms with Gasteiger partial charge in [-0.2, -0.15) is 0 Å². The summed E-state index contributed by atoms with van der Waals surface area (Å²) in [5.74, 6) is -1.11. The maximum atomic E-state index is 13.0. The van der Waals surface area contributed by atoms with E-state index in [-0.39, 0.29) is 42.6 Å². The van der Waals surface area contributed by atoms with E-state index in [4.69, 9.17) is 0 Å². The molecule has 0 aromatic heterocycles. The Bertz CT molecular complexity index is 914. The number of carbonyl (C=O) groups is 4. The van der Waals surface area contributed by atoms with Gasteiger partial charge in [-0.05, 0) is 44.7 Å². The van der Waals surface area contributed by atoms with Crippen LogP contribution in [-0.4, -0.2) is 72.2 Å². The molecule has 1 fully saturated rings. The van der Waals surface area contributed by atoms with E-state index in [0.717, 1.165) is 44.1 Å². The van der Waals surface area contributed by atoms with Crippen LogP contribution in [0.3, 0.4) is 0 Å². The summed E-state index contributed by atoms with van der Waals surface area (Å²) >= 11 is 0. The van der Waals surface area contributed by atoms with Crippen LogP contribution in [0, 0.1) is 5.92 Å². The van der Waals surface area contributed by atoms with E-state index < -0.39 is 12.1 Å². The largest absolute Gasteiger partial charge is 0.345 e. The number of nitrogens with zero attached hydrogens (tertiary/aromatic N) is 2. The molecular weight excluding hydrogens is 446 g/mol. The standard InChI is InChI=1S/C26H37N5O4/c1-19(27-2)25(34)29-24(21-11-7-4-8-12-21)26(35)28-17-22(32)31-16-15-30(23(33)18-31)14-13-20-9-5-3-6-10-20/h3,5-6,9-10,15-16,19,21,24,27H,4,7-8,11-14,17-18H2,1-2H3,(H,28,35)(H,29,34)/t19-,24-/m0/s1. The fourth-order valence-corrected chi connectivity index (χ4v) is 4.45. The topological polar surface area (TPSA) is 111 Å². The van der Waals surface area contributed by atoms with E-state index in [1.807, 2.05) is 30.3 Å². The van der Waals surface area contributed by atoms with E-state index in [1.54, 1.807) is 31.3 Å². The third-order valence-corrected chi connectivity index (χ3v) is 6.80. The van der Waals surface area contributed by atoms with Gasteiger partial charge in [0.25, 0.3) is 0 Å². The van der Waals surface area contributed by atoms with Crippen LogP contribution in [0.1, 0.15) is 44.6 Å². The number of hydrogen-bond donors (Lipinski definition) is 3. The Morgan fingerprint density at radius 2 is 1.74 bits per heavy atom. The molecule has 1 aromatic carbocycles. The first-order valence-corrected chi connectivity index (χ1v) is 12.5. The smallest absolute Gasteiger partial charge is 0.246 e. The number of amides is 4. The average Bonchev–Trinajstić information content (AvgIpc) is 2.89. The highest BCUT2D eigenvalue weighted by Crippen LogP contribution is 2.26. The summed E-state index contributed by atoms with van der Waals surface area (Å²) < 4.78 is 0. The molecule has 4 amide bonds. The number of hydrogen-bond acceptors (Lipinski definition) is 5. The van der Waals surface area contributed by atoms with Crippen molar-refractivity contribution in [1.29, 1.82) is 0 Å². The number of nitrogens with one attached hydrogen (secondary N) is 3. The van der Waals surface area contributed by atoms with E-state index in [9.17, 15) is 19.2 Å². The van der Waals surface area contributed by atoms with E-state index >= 15 is 0 Å². The fourth-order valence-electron chi connectivity index (χ4n) is 4.45. The van der Waals surface area contributed by atoms with Gasteiger partial charge in [0.2, 0.25) is 23.6 Å². The zero-order chi connectivity index (χ0) is 25.2. The monoisotopic (exact) mass is 483 g/mol. The SMILES string of the molecule is CN[C@@H](C)C(=O)N[C@H](C(=O)NCC(=O)N1C=CN(CCc2ccccc2)C(=O)C1)C1CCCCC1. The molecule has 1 aliphatic heterocycles. The molecule has 1 heterocycles. The van der Waals surface area contributed by atoms with Gasteiger partial charge < -0.3 is 25.8 Å². The van der Waals surface area contributed by atoms with Crippen molar-refractivity contribution in [3.63, 3.8) is 0 Å². The predicted molar refractivity (Wildman–Crippen MR) is 133 cm³/mol. The van der Waals surface area contributed by atoms with Gasteiger partial charge in [-0.1, -0.05) is 49.6 Å². The maximum absolute atomic E-state index is 13.0. The van der Waals surface area contributed by atoms with Gasteiger partial charge in [-0.3, -0.25) is 19.2 Å². The lowest BCUT2D eigenvalue weighted by Crippen LogP contribution is -2.56. The van der Waals surface area contributed by atoms with E-state index in [1.165, 1.54) is 4.90 Å². The van der Waals surface area contributed by atoms with Crippen molar-refractivity contribution < 1.29 is 19.2 Å². The van der Waals surface area contributed by atoms with Crippen molar-refractivity contribution in [3.05, 3.63) is 48.3 Å². The number of likely N-dealkylation sites (N-methyl/N-ethyl adjacent to an activating group) is 1. The molecule has 0 bridgehead atoms. The Hall–Kier alpha value is -3.20. The first-order valence-electron chi connectivity index (χ1n) is 12.5. The summed E-state index contributed by atoms with van der Waals surface area (Å²) in [6.07, 6.45) is 8.81. The second kappa shape index (κ2) is 13.0. The molecule has 190 valence electrons. The summed E-state index contributed by atoms with van der Waals surface area (Å²) in [7, 11) is 1.69. The number of benzene rings is 1. The first kappa shape index (κ1) is 26.4. The van der Waals surface area contributed by atoms with Crippen LogP contribution < -0.4 is 16.0 Å². The Morgan fingerprint density at radius 1 is 1.03 bits per heavy atom. The predicted octanol–water partition coefficient (Wildman–Crippen LogP) is 1.16. The lowest BCUT2D eigenvalue weighted by atomic mass is 9.83. The maximum Gasteiger partial charge on any atom is 0.246 e. The third kappa shape index (κ3) is 7.65. The van der Waals surface area contributed by atoms with Gasteiger partial charge in [-0.25, -0.2) is 0 Å². The molecule has 0 unspecified atom stereocenters. The average molecular weight is 484 g/mol. The van der Waals surface area contributed by atoms with Crippen molar-refractivity contribution in [3.8, 4) is 0 Å². The van der Waals surface area contributed by atoms with E-state index in [2.05, 4.69) is 16.0 Å². The molecule has 0 spiro atoms. The van der Waals surface area contributed by atoms with Crippen LogP contribution in [0.15, 0.2) is 42.7 Å². The van der Waals surface area contributed by atoms with Gasteiger partial charge in [-0.15, -0.1) is 0 Å². The molecule has 1 saturated carbocycles. The summed E-state index contributed by atoms with van der Waals surface area (Å²) in [5.41, 5.74) is 1.14. The fraction of sp³-hybridized carbons (Fsp3) is 0.538. The van der Waals surface area contributed by atoms with Gasteiger partial charge >= 0.3 is 0 Å². The Morgan fingerprint density at radius 3 is 2.40 bits per heavy atom. The van der Waals surface area contributed by atoms with Crippen molar-refractivity contribution in [2.24, 2.45) is 5.92 Å². The molecule has 3 N–H and O–H groups in total. The third-order valence-electron chi connectivity index (χ3n) is 6.80. The normalized spacial score (nSPS) is 18.2. The zero-order valence-electron chi connectivity index (χ0n) is 20.7. The molecule has 9 nitrogen and oxygen atoms in total. The second-order valence-electron chi connectivity index (χ2n) is 9.26. The van der Waals surface area contributed by atoms with Crippen LogP contribution >= 0.6 is 0 Å². The van der Waals surface area contributed by atoms with Crippen LogP contribution in [0.2, 0.25) is 0 Å². The summed E-state index contributed by atoms with van der Waals surface area (Å²) in [4.78, 5) is 53.6. The molecule has 35 heavy (non-hydrogen) atoms. The lowest BCUT2D eigenvalue weighted by Gasteiger charge is -2.31. The number of carbonyl (C=O) groups excluding carboxylic acids is 4. The molecular formula is C26H37N5O4. The van der Waals surface area contributed by atoms with Crippen LogP contribution in [0.5, 0.6) is 0 Å². The van der Waals surface area contributed by atoms with Crippen LogP contribution in [0.25, 0.3) is 0 Å². The van der Waals surface area contributed by atoms with Crippen molar-refractivity contribution in [2.75, 3.05) is 26.7 Å². The lowest BCUT2D eigenvalue weighted by molar-refractivity contribution is -0.139. The summed E-state index contributed by atoms with van der Waals surface area (Å²) in [6.45, 7) is 1.97. The van der Waals surface area contributed by atoms with Gasteiger partial charge in [0.05, 0.1) is 12.6 Å². The minimum Gasteiger partial charge on any atom is -0.345 e. The van der Waals surface area contributed by atoms with Crippen molar-refractivity contribution in [2.45, 2.75) is 57.5 Å². The highest BCUT2D eigenvalue weighted by Gasteiger charge is 2.32. The Labute approximate surface area is 207 Å². The summed E-state index contributed by atoms with van der Waals surface area (Å²) in [5, 5.41) is 8.44. The highest BCUT2D eigenvalue weighted by atomic mass is 16.2. The van der Waals surface area contributed by atoms with Gasteiger partial charge in [0.1, 0.15) is 12.6 Å². The van der Waals surface area contributed by atoms with Gasteiger partial charge in [0, 0.05) is 18.9 Å². The number of rotatable bonds is 10. The van der Waals surface area contributed by atoms with Gasteiger partial charge in [0.15, 0.2) is 0 Å². The zero-order valence-corrected chi connectivity index (χ0v) is 20.7. The minimum atomic E-state index is -0.682. The molecule has 3 rings (SSSR count). The Kier molecular flexibility index (Phi) is 9.84. The highest BCUT2D eigenvalue weighted by molar-refractivity contribution is 5.93. The Balaban J connectivity index is 1.53. The van der Waals surface area contributed by atoms with Crippen LogP contribution in [0.4, 0.5) is 0 Å². The van der Waals surface area contributed by atoms with Crippen molar-refractivity contribution in [1.82, 2.24) is 25.8 Å². The second-order valence-corrected chi connectivity index (χ2v) is 9.26. The van der Waals surface area contributed by atoms with E-state index in [0.29, 0.717) is 6.54 Å². The quantitative estimate of drug-likeness (QED) is 0.463. The molecule has 0 saturated heterocycles. The molecule has 9 heteroatoms. The molecule has 2 atom stereocenters. The molecule has 2 aliphatic rings. The first-order chi connectivity index (χ1) is 16.9. The minimum absolute atomic E-state index is 0.0430. The van der Waals surface area contributed by atoms with Crippen LogP contribution in [-0.2, 0) is 25.6 Å². The molecule has 1 aromatic rings.